The van der Waals surface area contributed by atoms with Gasteiger partial charge < -0.3 is 10.5 Å². The molecule has 1 aromatic rings. The van der Waals surface area contributed by atoms with Crippen LogP contribution in [0.2, 0.25) is 0 Å². The van der Waals surface area contributed by atoms with Crippen LogP contribution in [-0.4, -0.2) is 25.0 Å². The summed E-state index contributed by atoms with van der Waals surface area (Å²) in [7, 11) is 0. The maximum Gasteiger partial charge on any atom is 0.573 e. The van der Waals surface area contributed by atoms with Crippen LogP contribution in [0.5, 0.6) is 5.75 Å². The van der Waals surface area contributed by atoms with Crippen molar-refractivity contribution >= 4 is 5.91 Å². The molecule has 0 radical (unpaired) electrons. The van der Waals surface area contributed by atoms with Gasteiger partial charge in [0.2, 0.25) is 5.91 Å². The molecule has 1 atom stereocenters. The lowest BCUT2D eigenvalue weighted by atomic mass is 10.1. The summed E-state index contributed by atoms with van der Waals surface area (Å²) in [5.41, 5.74) is 4.77. The van der Waals surface area contributed by atoms with E-state index >= 15 is 0 Å². The SMILES string of the molecule is NC(=O)C(NCC(F)(F)F)c1cccc(OC(F)(F)F)c1. The number of hydrogen-bond donors (Lipinski definition) is 2. The first-order valence-corrected chi connectivity index (χ1v) is 5.43. The van der Waals surface area contributed by atoms with E-state index < -0.39 is 36.8 Å². The monoisotopic (exact) mass is 316 g/mol. The second kappa shape index (κ2) is 6.20. The van der Waals surface area contributed by atoms with E-state index in [1.165, 1.54) is 0 Å². The Morgan fingerprint density at radius 2 is 1.86 bits per heavy atom. The van der Waals surface area contributed by atoms with Gasteiger partial charge in [0.15, 0.2) is 0 Å². The Labute approximate surface area is 114 Å². The van der Waals surface area contributed by atoms with Gasteiger partial charge in [0.05, 0.1) is 6.54 Å². The van der Waals surface area contributed by atoms with Gasteiger partial charge in [0, 0.05) is 0 Å². The van der Waals surface area contributed by atoms with Crippen LogP contribution in [0.15, 0.2) is 24.3 Å². The summed E-state index contributed by atoms with van der Waals surface area (Å²) in [5, 5.41) is 1.83. The van der Waals surface area contributed by atoms with Gasteiger partial charge in [-0.1, -0.05) is 12.1 Å². The highest BCUT2D eigenvalue weighted by molar-refractivity contribution is 5.81. The van der Waals surface area contributed by atoms with Crippen LogP contribution >= 0.6 is 0 Å². The normalized spacial score (nSPS) is 13.8. The number of carbonyl (C=O) groups excluding carboxylic acids is 1. The lowest BCUT2D eigenvalue weighted by molar-refractivity contribution is -0.274. The van der Waals surface area contributed by atoms with Crippen molar-refractivity contribution in [3.63, 3.8) is 0 Å². The van der Waals surface area contributed by atoms with Crippen LogP contribution in [0.3, 0.4) is 0 Å². The molecule has 1 rings (SSSR count). The van der Waals surface area contributed by atoms with Crippen molar-refractivity contribution in [2.45, 2.75) is 18.6 Å². The van der Waals surface area contributed by atoms with Crippen LogP contribution in [0.25, 0.3) is 0 Å². The Bertz CT molecular complexity index is 500. The number of nitrogens with one attached hydrogen (secondary N) is 1. The molecule has 0 aliphatic rings. The summed E-state index contributed by atoms with van der Waals surface area (Å²) in [6.45, 7) is -1.52. The molecule has 118 valence electrons. The predicted octanol–water partition coefficient (Wildman–Crippen LogP) is 2.26. The minimum atomic E-state index is -4.96. The Balaban J connectivity index is 2.93. The van der Waals surface area contributed by atoms with Gasteiger partial charge in [-0.25, -0.2) is 0 Å². The number of hydrogen-bond acceptors (Lipinski definition) is 3. The van der Waals surface area contributed by atoms with Crippen molar-refractivity contribution in [1.29, 1.82) is 0 Å². The van der Waals surface area contributed by atoms with Gasteiger partial charge in [0.1, 0.15) is 11.8 Å². The summed E-state index contributed by atoms with van der Waals surface area (Å²) in [6, 6.07) is 2.39. The fourth-order valence-corrected chi connectivity index (χ4v) is 1.49. The number of ether oxygens (including phenoxy) is 1. The minimum Gasteiger partial charge on any atom is -0.406 e. The maximum atomic E-state index is 12.1. The third kappa shape index (κ3) is 6.34. The van der Waals surface area contributed by atoms with Crippen LogP contribution in [0.4, 0.5) is 26.3 Å². The highest BCUT2D eigenvalue weighted by atomic mass is 19.4. The summed E-state index contributed by atoms with van der Waals surface area (Å²) in [5.74, 6) is -1.83. The molecule has 1 aromatic carbocycles. The van der Waals surface area contributed by atoms with Crippen molar-refractivity contribution < 1.29 is 35.9 Å². The smallest absolute Gasteiger partial charge is 0.406 e. The number of nitrogens with two attached hydrogens (primary N) is 1. The number of primary amides is 1. The average Bonchev–Trinajstić information content (AvgIpc) is 2.25. The zero-order valence-electron chi connectivity index (χ0n) is 10.3. The Morgan fingerprint density at radius 3 is 2.33 bits per heavy atom. The van der Waals surface area contributed by atoms with Crippen molar-refractivity contribution in [3.05, 3.63) is 29.8 Å². The van der Waals surface area contributed by atoms with Crippen molar-refractivity contribution in [1.82, 2.24) is 5.32 Å². The van der Waals surface area contributed by atoms with Gasteiger partial charge in [-0.05, 0) is 17.7 Å². The molecule has 0 aliphatic carbocycles. The maximum absolute atomic E-state index is 12.1. The fourth-order valence-electron chi connectivity index (χ4n) is 1.49. The van der Waals surface area contributed by atoms with Crippen LogP contribution < -0.4 is 15.8 Å². The van der Waals surface area contributed by atoms with E-state index in [2.05, 4.69) is 4.74 Å². The predicted molar refractivity (Wildman–Crippen MR) is 59.1 cm³/mol. The summed E-state index contributed by atoms with van der Waals surface area (Å²) in [4.78, 5) is 11.1. The second-order valence-electron chi connectivity index (χ2n) is 3.95. The molecular weight excluding hydrogens is 306 g/mol. The highest BCUT2D eigenvalue weighted by Crippen LogP contribution is 2.26. The highest BCUT2D eigenvalue weighted by Gasteiger charge is 2.32. The number of benzene rings is 1. The van der Waals surface area contributed by atoms with Gasteiger partial charge >= 0.3 is 12.5 Å². The van der Waals surface area contributed by atoms with Gasteiger partial charge in [0.25, 0.3) is 0 Å². The zero-order valence-corrected chi connectivity index (χ0v) is 10.3. The van der Waals surface area contributed by atoms with Crippen LogP contribution in [0.1, 0.15) is 11.6 Å². The van der Waals surface area contributed by atoms with Crippen LogP contribution in [0, 0.1) is 0 Å². The third-order valence-electron chi connectivity index (χ3n) is 2.22. The van der Waals surface area contributed by atoms with Crippen molar-refractivity contribution in [2.75, 3.05) is 6.54 Å². The first-order chi connectivity index (χ1) is 9.48. The summed E-state index contributed by atoms with van der Waals surface area (Å²) < 4.78 is 76.1. The van der Waals surface area contributed by atoms with Gasteiger partial charge in [-0.3, -0.25) is 10.1 Å². The van der Waals surface area contributed by atoms with E-state index in [-0.39, 0.29) is 5.56 Å². The number of amides is 1. The summed E-state index contributed by atoms with van der Waals surface area (Å²) >= 11 is 0. The molecule has 1 unspecified atom stereocenters. The largest absolute Gasteiger partial charge is 0.573 e. The second-order valence-corrected chi connectivity index (χ2v) is 3.95. The number of halogens is 6. The summed E-state index contributed by atoms with van der Waals surface area (Å²) in [6.07, 6.45) is -9.56. The third-order valence-corrected chi connectivity index (χ3v) is 2.22. The molecule has 0 saturated carbocycles. The van der Waals surface area contributed by atoms with E-state index in [0.717, 1.165) is 24.3 Å². The fraction of sp³-hybridized carbons (Fsp3) is 0.364. The molecule has 1 amide bonds. The lowest BCUT2D eigenvalue weighted by Gasteiger charge is -2.18. The molecule has 10 heteroatoms. The van der Waals surface area contributed by atoms with Gasteiger partial charge in [-0.2, -0.15) is 13.2 Å². The number of alkyl halides is 6. The molecule has 0 saturated heterocycles. The quantitative estimate of drug-likeness (QED) is 0.819. The van der Waals surface area contributed by atoms with E-state index in [0.29, 0.717) is 0 Å². The lowest BCUT2D eigenvalue weighted by Crippen LogP contribution is -2.39. The number of carbonyl (C=O) groups is 1. The molecule has 0 fully saturated rings. The Morgan fingerprint density at radius 1 is 1.24 bits per heavy atom. The van der Waals surface area contributed by atoms with Gasteiger partial charge in [-0.15, -0.1) is 13.2 Å². The van der Waals surface area contributed by atoms with E-state index in [1.807, 2.05) is 5.32 Å². The molecule has 3 N–H and O–H groups in total. The molecule has 0 spiro atoms. The first kappa shape index (κ1) is 17.1. The molecule has 0 bridgehead atoms. The molecule has 0 heterocycles. The molecule has 21 heavy (non-hydrogen) atoms. The van der Waals surface area contributed by atoms with Crippen molar-refractivity contribution in [2.24, 2.45) is 5.73 Å². The van der Waals surface area contributed by atoms with E-state index in [9.17, 15) is 31.1 Å². The molecule has 4 nitrogen and oxygen atoms in total. The standard InChI is InChI=1S/C11H10F6N2O2/c12-10(13,14)5-19-8(9(18)20)6-2-1-3-7(4-6)21-11(15,16)17/h1-4,8,19H,5H2,(H2,18,20). The zero-order chi connectivity index (χ0) is 16.3. The van der Waals surface area contributed by atoms with Crippen LogP contribution in [-0.2, 0) is 4.79 Å². The average molecular weight is 316 g/mol. The van der Waals surface area contributed by atoms with Crippen molar-refractivity contribution in [3.8, 4) is 5.75 Å². The molecule has 0 aromatic heterocycles. The Hall–Kier alpha value is -1.97. The van der Waals surface area contributed by atoms with E-state index in [4.69, 9.17) is 5.73 Å². The molecule has 0 aliphatic heterocycles. The van der Waals surface area contributed by atoms with E-state index in [1.54, 1.807) is 0 Å². The minimum absolute atomic E-state index is 0.173. The topological polar surface area (TPSA) is 64.4 Å². The first-order valence-electron chi connectivity index (χ1n) is 5.43. The Kier molecular flexibility index (Phi) is 5.05. The molecular formula is C11H10F6N2O2. The number of rotatable bonds is 5.